The van der Waals surface area contributed by atoms with E-state index in [2.05, 4.69) is 19.2 Å². The molecule has 0 aromatic carbocycles. The van der Waals surface area contributed by atoms with Crippen molar-refractivity contribution in [3.8, 4) is 0 Å². The molecule has 0 saturated heterocycles. The van der Waals surface area contributed by atoms with Crippen LogP contribution in [0.25, 0.3) is 0 Å². The summed E-state index contributed by atoms with van der Waals surface area (Å²) < 4.78 is 10.1. The van der Waals surface area contributed by atoms with E-state index in [1.807, 2.05) is 0 Å². The summed E-state index contributed by atoms with van der Waals surface area (Å²) in [5.74, 6) is 0. The van der Waals surface area contributed by atoms with Crippen LogP contribution in [0.3, 0.4) is 0 Å². The smallest absolute Gasteiger partial charge is 0.169 e. The summed E-state index contributed by atoms with van der Waals surface area (Å²) in [7, 11) is 3.23. The van der Waals surface area contributed by atoms with Crippen molar-refractivity contribution in [3.05, 3.63) is 0 Å². The van der Waals surface area contributed by atoms with E-state index in [-0.39, 0.29) is 18.4 Å². The first kappa shape index (κ1) is 13.8. The zero-order valence-corrected chi connectivity index (χ0v) is 9.67. The molecule has 0 aliphatic rings. The topological polar surface area (TPSA) is 50.7 Å². The van der Waals surface area contributed by atoms with Crippen molar-refractivity contribution in [1.29, 1.82) is 0 Å². The van der Waals surface area contributed by atoms with Crippen LogP contribution in [-0.4, -0.2) is 44.3 Å². The molecule has 1 atom stereocenters. The third-order valence-corrected chi connectivity index (χ3v) is 2.67. The lowest BCUT2D eigenvalue weighted by molar-refractivity contribution is -0.102. The molecule has 0 aromatic rings. The Morgan fingerprint density at radius 1 is 1.36 bits per heavy atom. The lowest BCUT2D eigenvalue weighted by Gasteiger charge is -2.30. The van der Waals surface area contributed by atoms with Crippen LogP contribution in [0.2, 0.25) is 0 Å². The molecule has 86 valence electrons. The van der Waals surface area contributed by atoms with Gasteiger partial charge < -0.3 is 19.9 Å². The maximum absolute atomic E-state index is 8.91. The van der Waals surface area contributed by atoms with Crippen molar-refractivity contribution in [2.75, 3.05) is 27.4 Å². The van der Waals surface area contributed by atoms with Gasteiger partial charge in [-0.05, 0) is 19.8 Å². The number of aliphatic hydroxyl groups excluding tert-OH is 1. The summed E-state index contributed by atoms with van der Waals surface area (Å²) in [6.07, 6.45) is 1.48. The number of rotatable bonds is 8. The van der Waals surface area contributed by atoms with Gasteiger partial charge in [-0.3, -0.25) is 0 Å². The van der Waals surface area contributed by atoms with E-state index in [0.29, 0.717) is 6.54 Å². The second-order valence-corrected chi connectivity index (χ2v) is 3.67. The van der Waals surface area contributed by atoms with E-state index in [0.717, 1.165) is 12.8 Å². The van der Waals surface area contributed by atoms with Gasteiger partial charge in [-0.25, -0.2) is 0 Å². The molecular formula is C10H23NO3. The van der Waals surface area contributed by atoms with Crippen LogP contribution in [-0.2, 0) is 9.47 Å². The number of ether oxygens (including phenoxy) is 2. The molecule has 0 rings (SSSR count). The Morgan fingerprint density at radius 2 is 1.93 bits per heavy atom. The normalized spacial score (nSPS) is 15.9. The minimum Gasteiger partial charge on any atom is -0.396 e. The Hall–Kier alpha value is -0.160. The van der Waals surface area contributed by atoms with Gasteiger partial charge in [-0.2, -0.15) is 0 Å². The molecule has 2 N–H and O–H groups in total. The SMILES string of the molecule is CCC(C)(CCO)NCC(OC)OC. The van der Waals surface area contributed by atoms with E-state index in [1.165, 1.54) is 0 Å². The largest absolute Gasteiger partial charge is 0.396 e. The molecule has 0 aromatic heterocycles. The minimum atomic E-state index is -0.223. The van der Waals surface area contributed by atoms with Crippen molar-refractivity contribution in [2.45, 2.75) is 38.5 Å². The van der Waals surface area contributed by atoms with Gasteiger partial charge in [0.25, 0.3) is 0 Å². The molecule has 0 spiro atoms. The Morgan fingerprint density at radius 3 is 2.29 bits per heavy atom. The average Bonchev–Trinajstić information content (AvgIpc) is 2.20. The van der Waals surface area contributed by atoms with Gasteiger partial charge in [0, 0.05) is 32.9 Å². The van der Waals surface area contributed by atoms with Gasteiger partial charge in [-0.1, -0.05) is 6.92 Å². The Kier molecular flexibility index (Phi) is 7.09. The number of nitrogens with one attached hydrogen (secondary N) is 1. The fourth-order valence-electron chi connectivity index (χ4n) is 1.23. The Labute approximate surface area is 86.6 Å². The van der Waals surface area contributed by atoms with Crippen LogP contribution in [0.4, 0.5) is 0 Å². The highest BCUT2D eigenvalue weighted by Crippen LogP contribution is 2.13. The molecule has 0 radical (unpaired) electrons. The van der Waals surface area contributed by atoms with Crippen molar-refractivity contribution < 1.29 is 14.6 Å². The third kappa shape index (κ3) is 4.91. The number of hydrogen-bond donors (Lipinski definition) is 2. The highest BCUT2D eigenvalue weighted by atomic mass is 16.7. The average molecular weight is 205 g/mol. The van der Waals surface area contributed by atoms with Crippen LogP contribution in [0.15, 0.2) is 0 Å². The highest BCUT2D eigenvalue weighted by Gasteiger charge is 2.21. The summed E-state index contributed by atoms with van der Waals surface area (Å²) >= 11 is 0. The van der Waals surface area contributed by atoms with Crippen LogP contribution >= 0.6 is 0 Å². The second-order valence-electron chi connectivity index (χ2n) is 3.67. The first-order valence-corrected chi connectivity index (χ1v) is 5.03. The van der Waals surface area contributed by atoms with Gasteiger partial charge >= 0.3 is 0 Å². The van der Waals surface area contributed by atoms with Gasteiger partial charge in [0.1, 0.15) is 0 Å². The standard InChI is InChI=1S/C10H23NO3/c1-5-10(2,6-7-12)11-8-9(13-3)14-4/h9,11-12H,5-8H2,1-4H3. The highest BCUT2D eigenvalue weighted by molar-refractivity contribution is 4.81. The summed E-state index contributed by atoms with van der Waals surface area (Å²) in [5, 5.41) is 12.2. The van der Waals surface area contributed by atoms with Gasteiger partial charge in [0.2, 0.25) is 0 Å². The van der Waals surface area contributed by atoms with Crippen molar-refractivity contribution >= 4 is 0 Å². The third-order valence-electron chi connectivity index (χ3n) is 2.67. The number of hydrogen-bond acceptors (Lipinski definition) is 4. The van der Waals surface area contributed by atoms with Crippen LogP contribution < -0.4 is 5.32 Å². The molecule has 0 fully saturated rings. The molecule has 14 heavy (non-hydrogen) atoms. The van der Waals surface area contributed by atoms with Gasteiger partial charge in [-0.15, -0.1) is 0 Å². The van der Waals surface area contributed by atoms with Crippen molar-refractivity contribution in [2.24, 2.45) is 0 Å². The maximum Gasteiger partial charge on any atom is 0.169 e. The molecule has 0 bridgehead atoms. The molecule has 4 nitrogen and oxygen atoms in total. The fourth-order valence-corrected chi connectivity index (χ4v) is 1.23. The summed E-state index contributed by atoms with van der Waals surface area (Å²) in [5.41, 5.74) is -0.0376. The van der Waals surface area contributed by atoms with Gasteiger partial charge in [0.15, 0.2) is 6.29 Å². The fraction of sp³-hybridized carbons (Fsp3) is 1.00. The lowest BCUT2D eigenvalue weighted by atomic mass is 9.95. The summed E-state index contributed by atoms with van der Waals surface area (Å²) in [6, 6.07) is 0. The maximum atomic E-state index is 8.91. The molecule has 0 aliphatic carbocycles. The molecular weight excluding hydrogens is 182 g/mol. The first-order valence-electron chi connectivity index (χ1n) is 5.03. The predicted molar refractivity (Wildman–Crippen MR) is 56.2 cm³/mol. The monoisotopic (exact) mass is 205 g/mol. The van der Waals surface area contributed by atoms with Crippen molar-refractivity contribution in [1.82, 2.24) is 5.32 Å². The quantitative estimate of drug-likeness (QED) is 0.574. The van der Waals surface area contributed by atoms with E-state index in [9.17, 15) is 0 Å². The van der Waals surface area contributed by atoms with Crippen LogP contribution in [0.5, 0.6) is 0 Å². The molecule has 0 aliphatic heterocycles. The summed E-state index contributed by atoms with van der Waals surface area (Å²) in [6.45, 7) is 5.02. The lowest BCUT2D eigenvalue weighted by Crippen LogP contribution is -2.46. The molecule has 0 heterocycles. The summed E-state index contributed by atoms with van der Waals surface area (Å²) in [4.78, 5) is 0. The zero-order chi connectivity index (χ0) is 11.0. The second kappa shape index (κ2) is 7.17. The minimum absolute atomic E-state index is 0.0376. The van der Waals surface area contributed by atoms with Crippen LogP contribution in [0, 0.1) is 0 Å². The molecule has 1 unspecified atom stereocenters. The van der Waals surface area contributed by atoms with E-state index in [4.69, 9.17) is 14.6 Å². The van der Waals surface area contributed by atoms with E-state index in [1.54, 1.807) is 14.2 Å². The Bertz CT molecular complexity index is 139. The molecule has 0 amide bonds. The van der Waals surface area contributed by atoms with E-state index < -0.39 is 0 Å². The Balaban J connectivity index is 3.92. The molecule has 0 saturated carbocycles. The molecule has 4 heteroatoms. The van der Waals surface area contributed by atoms with Crippen molar-refractivity contribution in [3.63, 3.8) is 0 Å². The number of aliphatic hydroxyl groups is 1. The van der Waals surface area contributed by atoms with Crippen LogP contribution in [0.1, 0.15) is 26.7 Å². The number of methoxy groups -OCH3 is 2. The zero-order valence-electron chi connectivity index (χ0n) is 9.67. The van der Waals surface area contributed by atoms with E-state index >= 15 is 0 Å². The van der Waals surface area contributed by atoms with Gasteiger partial charge in [0.05, 0.1) is 0 Å². The first-order chi connectivity index (χ1) is 6.61. The predicted octanol–water partition coefficient (Wildman–Crippen LogP) is 0.746.